The topological polar surface area (TPSA) is 20.7 Å². The van der Waals surface area contributed by atoms with Gasteiger partial charge in [-0.2, -0.15) is 0 Å². The fraction of sp³-hybridized carbons (Fsp3) is 0.500. The average molecular weight is 374 g/mol. The maximum absolute atomic E-state index is 5.44. The summed E-state index contributed by atoms with van der Waals surface area (Å²) in [4.78, 5) is 3.30. The van der Waals surface area contributed by atoms with Gasteiger partial charge in [0.05, 0.1) is 11.0 Å². The van der Waals surface area contributed by atoms with Crippen molar-refractivity contribution in [3.8, 4) is 0 Å². The lowest BCUT2D eigenvalue weighted by Crippen LogP contribution is -2.22. The van der Waals surface area contributed by atoms with Crippen molar-refractivity contribution in [2.24, 2.45) is 11.3 Å². The van der Waals surface area contributed by atoms with Crippen LogP contribution in [0.15, 0.2) is 18.2 Å². The summed E-state index contributed by atoms with van der Waals surface area (Å²) < 4.78 is 4.27. The first-order valence-electron chi connectivity index (χ1n) is 6.17. The van der Waals surface area contributed by atoms with E-state index in [1.54, 1.807) is 0 Å². The third kappa shape index (κ3) is 2.79. The Kier molecular flexibility index (Phi) is 3.88. The molecule has 0 aliphatic heterocycles. The second-order valence-electron chi connectivity index (χ2n) is 5.97. The maximum Gasteiger partial charge on any atom is 0.178 e. The normalized spacial score (nSPS) is 14.1. The second-order valence-corrected chi connectivity index (χ2v) is 7.60. The van der Waals surface area contributed by atoms with E-state index in [4.69, 9.17) is 12.2 Å². The van der Waals surface area contributed by atoms with Crippen LogP contribution in [0.5, 0.6) is 0 Å². The summed E-state index contributed by atoms with van der Waals surface area (Å²) in [7, 11) is 0. The predicted octanol–water partition coefficient (Wildman–Crippen LogP) is 4.99. The van der Waals surface area contributed by atoms with Crippen LogP contribution in [0.1, 0.15) is 27.7 Å². The number of rotatable bonds is 2. The molecule has 0 amide bonds. The van der Waals surface area contributed by atoms with E-state index >= 15 is 0 Å². The average Bonchev–Trinajstić information content (AvgIpc) is 2.53. The van der Waals surface area contributed by atoms with Gasteiger partial charge in [-0.3, -0.25) is 0 Å². The van der Waals surface area contributed by atoms with Crippen molar-refractivity contribution in [1.29, 1.82) is 0 Å². The summed E-state index contributed by atoms with van der Waals surface area (Å²) in [6.45, 7) is 10.1. The van der Waals surface area contributed by atoms with Crippen LogP contribution in [0.4, 0.5) is 0 Å². The standard InChI is InChI=1S/C14H19IN2S/c1-9(14(2,3)4)8-17-12-6-5-10(15)7-11(12)16-13(17)18/h5-7,9H,8H2,1-4H3,(H,16,18). The molecule has 4 heteroatoms. The van der Waals surface area contributed by atoms with E-state index in [0.717, 1.165) is 16.8 Å². The van der Waals surface area contributed by atoms with Crippen molar-refractivity contribution in [3.63, 3.8) is 0 Å². The lowest BCUT2D eigenvalue weighted by atomic mass is 9.82. The number of nitrogens with zero attached hydrogens (tertiary/aromatic N) is 1. The number of nitrogens with one attached hydrogen (secondary N) is 1. The molecule has 0 saturated carbocycles. The minimum Gasteiger partial charge on any atom is -0.331 e. The van der Waals surface area contributed by atoms with E-state index in [0.29, 0.717) is 11.3 Å². The van der Waals surface area contributed by atoms with E-state index in [9.17, 15) is 0 Å². The zero-order chi connectivity index (χ0) is 13.5. The first kappa shape index (κ1) is 14.1. The fourth-order valence-corrected chi connectivity index (χ4v) is 2.64. The maximum atomic E-state index is 5.44. The molecule has 0 radical (unpaired) electrons. The summed E-state index contributed by atoms with van der Waals surface area (Å²) in [5, 5.41) is 0. The second kappa shape index (κ2) is 4.96. The highest BCUT2D eigenvalue weighted by molar-refractivity contribution is 14.1. The molecule has 2 aromatic rings. The number of aromatic amines is 1. The Morgan fingerprint density at radius 3 is 2.67 bits per heavy atom. The van der Waals surface area contributed by atoms with Crippen molar-refractivity contribution in [1.82, 2.24) is 9.55 Å². The number of fused-ring (bicyclic) bond motifs is 1. The molecule has 0 spiro atoms. The molecule has 0 bridgehead atoms. The largest absolute Gasteiger partial charge is 0.331 e. The van der Waals surface area contributed by atoms with Gasteiger partial charge < -0.3 is 9.55 Å². The molecule has 2 nitrogen and oxygen atoms in total. The summed E-state index contributed by atoms with van der Waals surface area (Å²) in [6.07, 6.45) is 0. The van der Waals surface area contributed by atoms with Crippen LogP contribution < -0.4 is 0 Å². The highest BCUT2D eigenvalue weighted by atomic mass is 127. The van der Waals surface area contributed by atoms with Crippen LogP contribution >= 0.6 is 34.8 Å². The Hall–Kier alpha value is -0.360. The Morgan fingerprint density at radius 2 is 2.06 bits per heavy atom. The Morgan fingerprint density at radius 1 is 1.39 bits per heavy atom. The molecule has 1 aromatic carbocycles. The molecule has 0 saturated heterocycles. The summed E-state index contributed by atoms with van der Waals surface area (Å²) in [5.74, 6) is 0.572. The number of benzene rings is 1. The lowest BCUT2D eigenvalue weighted by Gasteiger charge is -2.27. The van der Waals surface area contributed by atoms with Gasteiger partial charge in [-0.05, 0) is 64.3 Å². The molecule has 1 heterocycles. The predicted molar refractivity (Wildman–Crippen MR) is 88.5 cm³/mol. The monoisotopic (exact) mass is 374 g/mol. The molecule has 1 atom stereocenters. The molecule has 0 fully saturated rings. The minimum atomic E-state index is 0.293. The van der Waals surface area contributed by atoms with Crippen molar-refractivity contribution in [2.45, 2.75) is 34.2 Å². The van der Waals surface area contributed by atoms with Gasteiger partial charge in [0.25, 0.3) is 0 Å². The molecule has 0 aliphatic carbocycles. The zero-order valence-corrected chi connectivity index (χ0v) is 14.2. The van der Waals surface area contributed by atoms with Crippen molar-refractivity contribution < 1.29 is 0 Å². The fourth-order valence-electron chi connectivity index (χ4n) is 1.86. The molecule has 18 heavy (non-hydrogen) atoms. The number of hydrogen-bond acceptors (Lipinski definition) is 1. The summed E-state index contributed by atoms with van der Waals surface area (Å²) in [6, 6.07) is 6.42. The van der Waals surface area contributed by atoms with Crippen LogP contribution in [0.3, 0.4) is 0 Å². The van der Waals surface area contributed by atoms with Gasteiger partial charge in [0.2, 0.25) is 0 Å². The Balaban J connectivity index is 2.45. The molecule has 98 valence electrons. The molecule has 2 rings (SSSR count). The molecule has 1 unspecified atom stereocenters. The first-order chi connectivity index (χ1) is 8.29. The van der Waals surface area contributed by atoms with Crippen molar-refractivity contribution in [2.75, 3.05) is 0 Å². The number of aromatic nitrogens is 2. The van der Waals surface area contributed by atoms with Gasteiger partial charge in [-0.25, -0.2) is 0 Å². The quantitative estimate of drug-likeness (QED) is 0.581. The molecule has 1 N–H and O–H groups in total. The van der Waals surface area contributed by atoms with E-state index in [2.05, 4.69) is 78.0 Å². The molecular formula is C14H19IN2S. The van der Waals surface area contributed by atoms with Gasteiger partial charge in [0, 0.05) is 10.1 Å². The highest BCUT2D eigenvalue weighted by Crippen LogP contribution is 2.28. The molecule has 0 aliphatic rings. The van der Waals surface area contributed by atoms with E-state index in [1.165, 1.54) is 9.09 Å². The smallest absolute Gasteiger partial charge is 0.178 e. The van der Waals surface area contributed by atoms with Gasteiger partial charge >= 0.3 is 0 Å². The van der Waals surface area contributed by atoms with E-state index in [-0.39, 0.29) is 0 Å². The Bertz CT molecular complexity index is 619. The highest BCUT2D eigenvalue weighted by Gasteiger charge is 2.21. The van der Waals surface area contributed by atoms with Crippen LogP contribution in [0.2, 0.25) is 0 Å². The molecule has 1 aromatic heterocycles. The van der Waals surface area contributed by atoms with Gasteiger partial charge in [0.15, 0.2) is 4.77 Å². The summed E-state index contributed by atoms with van der Waals surface area (Å²) in [5.41, 5.74) is 2.63. The zero-order valence-electron chi connectivity index (χ0n) is 11.2. The SMILES string of the molecule is CC(Cn1c(=S)[nH]c2cc(I)ccc21)C(C)(C)C. The third-order valence-corrected chi connectivity index (χ3v) is 4.66. The minimum absolute atomic E-state index is 0.293. The summed E-state index contributed by atoms with van der Waals surface area (Å²) >= 11 is 7.77. The van der Waals surface area contributed by atoms with Crippen LogP contribution in [-0.2, 0) is 6.54 Å². The molecular weight excluding hydrogens is 355 g/mol. The lowest BCUT2D eigenvalue weighted by molar-refractivity contribution is 0.234. The van der Waals surface area contributed by atoms with Gasteiger partial charge in [-0.15, -0.1) is 0 Å². The van der Waals surface area contributed by atoms with Gasteiger partial charge in [-0.1, -0.05) is 27.7 Å². The number of hydrogen-bond donors (Lipinski definition) is 1. The Labute approximate surface area is 127 Å². The van der Waals surface area contributed by atoms with Crippen molar-refractivity contribution >= 4 is 45.8 Å². The number of halogens is 1. The van der Waals surface area contributed by atoms with E-state index in [1.807, 2.05) is 0 Å². The third-order valence-electron chi connectivity index (χ3n) is 3.67. The first-order valence-corrected chi connectivity index (χ1v) is 7.66. The van der Waals surface area contributed by atoms with Crippen LogP contribution in [-0.4, -0.2) is 9.55 Å². The number of H-pyrrole nitrogens is 1. The number of imidazole rings is 1. The van der Waals surface area contributed by atoms with E-state index < -0.39 is 0 Å². The van der Waals surface area contributed by atoms with Crippen molar-refractivity contribution in [3.05, 3.63) is 26.5 Å². The van der Waals surface area contributed by atoms with Gasteiger partial charge in [0.1, 0.15) is 0 Å². The van der Waals surface area contributed by atoms with Crippen LogP contribution in [0, 0.1) is 19.7 Å². The van der Waals surface area contributed by atoms with Crippen LogP contribution in [0.25, 0.3) is 11.0 Å².